The summed E-state index contributed by atoms with van der Waals surface area (Å²) in [4.78, 5) is 13.6. The standard InChI is InChI=1S/C20H20N2O3/c1-24-14-19-13-22(20(23)25-19)18-9-7-15(8-10-18)5-6-16-3-2-4-17(11-16)12-21/h2-4,7-11,19H,5-6,13-14H2,1H3. The van der Waals surface area contributed by atoms with E-state index in [0.29, 0.717) is 18.7 Å². The number of rotatable bonds is 6. The van der Waals surface area contributed by atoms with Crippen molar-refractivity contribution < 1.29 is 14.3 Å². The number of amides is 1. The number of ether oxygens (including phenoxy) is 2. The van der Waals surface area contributed by atoms with Crippen LogP contribution in [0.25, 0.3) is 0 Å². The number of aryl methyl sites for hydroxylation is 2. The molecule has 128 valence electrons. The van der Waals surface area contributed by atoms with Crippen LogP contribution in [0.1, 0.15) is 16.7 Å². The Morgan fingerprint density at radius 3 is 2.68 bits per heavy atom. The summed E-state index contributed by atoms with van der Waals surface area (Å²) in [7, 11) is 1.59. The molecule has 5 nitrogen and oxygen atoms in total. The fraction of sp³-hybridized carbons (Fsp3) is 0.300. The summed E-state index contributed by atoms with van der Waals surface area (Å²) in [6, 6.07) is 17.8. The molecule has 0 spiro atoms. The van der Waals surface area contributed by atoms with Gasteiger partial charge in [0, 0.05) is 12.8 Å². The Morgan fingerprint density at radius 1 is 1.20 bits per heavy atom. The zero-order valence-electron chi connectivity index (χ0n) is 14.1. The smallest absolute Gasteiger partial charge is 0.414 e. The summed E-state index contributed by atoms with van der Waals surface area (Å²) in [6.45, 7) is 0.912. The average Bonchev–Trinajstić information content (AvgIpc) is 3.01. The van der Waals surface area contributed by atoms with E-state index in [9.17, 15) is 4.79 Å². The maximum atomic E-state index is 11.9. The van der Waals surface area contributed by atoms with Crippen molar-refractivity contribution in [1.82, 2.24) is 0 Å². The number of carbonyl (C=O) groups excluding carboxylic acids is 1. The van der Waals surface area contributed by atoms with Crippen LogP contribution in [0.15, 0.2) is 48.5 Å². The van der Waals surface area contributed by atoms with Gasteiger partial charge in [-0.15, -0.1) is 0 Å². The second-order valence-electron chi connectivity index (χ2n) is 6.05. The minimum atomic E-state index is -0.330. The van der Waals surface area contributed by atoms with Gasteiger partial charge in [0.1, 0.15) is 6.10 Å². The van der Waals surface area contributed by atoms with Crippen molar-refractivity contribution in [2.24, 2.45) is 0 Å². The summed E-state index contributed by atoms with van der Waals surface area (Å²) in [5.41, 5.74) is 3.85. The van der Waals surface area contributed by atoms with Crippen LogP contribution in [0, 0.1) is 11.3 Å². The second-order valence-corrected chi connectivity index (χ2v) is 6.05. The molecule has 0 aliphatic carbocycles. The zero-order valence-corrected chi connectivity index (χ0v) is 14.1. The first-order valence-corrected chi connectivity index (χ1v) is 8.24. The van der Waals surface area contributed by atoms with Crippen molar-refractivity contribution in [3.8, 4) is 6.07 Å². The van der Waals surface area contributed by atoms with Crippen molar-refractivity contribution >= 4 is 11.8 Å². The lowest BCUT2D eigenvalue weighted by Crippen LogP contribution is -2.25. The van der Waals surface area contributed by atoms with Crippen LogP contribution in [-0.2, 0) is 22.3 Å². The molecule has 1 amide bonds. The van der Waals surface area contributed by atoms with E-state index >= 15 is 0 Å². The molecule has 0 N–H and O–H groups in total. The highest BCUT2D eigenvalue weighted by Crippen LogP contribution is 2.22. The molecule has 5 heteroatoms. The van der Waals surface area contributed by atoms with E-state index in [4.69, 9.17) is 14.7 Å². The molecular formula is C20H20N2O3. The van der Waals surface area contributed by atoms with E-state index in [0.717, 1.165) is 24.1 Å². The van der Waals surface area contributed by atoms with Crippen LogP contribution in [-0.4, -0.2) is 32.5 Å². The normalized spacial score (nSPS) is 16.6. The molecule has 1 saturated heterocycles. The van der Waals surface area contributed by atoms with Gasteiger partial charge in [-0.05, 0) is 48.2 Å². The van der Waals surface area contributed by atoms with E-state index < -0.39 is 0 Å². The molecule has 1 fully saturated rings. The molecule has 1 unspecified atom stereocenters. The molecule has 0 aromatic heterocycles. The van der Waals surface area contributed by atoms with E-state index in [1.54, 1.807) is 12.0 Å². The highest BCUT2D eigenvalue weighted by Gasteiger charge is 2.32. The van der Waals surface area contributed by atoms with Gasteiger partial charge in [-0.1, -0.05) is 24.3 Å². The molecule has 3 rings (SSSR count). The zero-order chi connectivity index (χ0) is 17.6. The first-order valence-electron chi connectivity index (χ1n) is 8.24. The van der Waals surface area contributed by atoms with Crippen molar-refractivity contribution in [2.75, 3.05) is 25.2 Å². The summed E-state index contributed by atoms with van der Waals surface area (Å²) < 4.78 is 10.3. The molecule has 0 radical (unpaired) electrons. The molecule has 1 heterocycles. The quantitative estimate of drug-likeness (QED) is 0.812. The minimum absolute atomic E-state index is 0.218. The lowest BCUT2D eigenvalue weighted by molar-refractivity contribution is 0.0718. The Kier molecular flexibility index (Phi) is 5.32. The van der Waals surface area contributed by atoms with E-state index in [1.165, 1.54) is 5.56 Å². The number of hydrogen-bond acceptors (Lipinski definition) is 4. The number of cyclic esters (lactones) is 1. The molecule has 1 atom stereocenters. The van der Waals surface area contributed by atoms with Crippen LogP contribution < -0.4 is 4.90 Å². The van der Waals surface area contributed by atoms with Crippen LogP contribution >= 0.6 is 0 Å². The Labute approximate surface area is 147 Å². The van der Waals surface area contributed by atoms with Gasteiger partial charge >= 0.3 is 6.09 Å². The number of carbonyl (C=O) groups is 1. The van der Waals surface area contributed by atoms with Crippen molar-refractivity contribution in [1.29, 1.82) is 5.26 Å². The molecule has 0 saturated carbocycles. The average molecular weight is 336 g/mol. The number of anilines is 1. The SMILES string of the molecule is COCC1CN(c2ccc(CCc3cccc(C#N)c3)cc2)C(=O)O1. The van der Waals surface area contributed by atoms with Crippen molar-refractivity contribution in [3.63, 3.8) is 0 Å². The van der Waals surface area contributed by atoms with Gasteiger partial charge in [0.25, 0.3) is 0 Å². The van der Waals surface area contributed by atoms with Crippen LogP contribution in [0.2, 0.25) is 0 Å². The second kappa shape index (κ2) is 7.82. The maximum absolute atomic E-state index is 11.9. The lowest BCUT2D eigenvalue weighted by Gasteiger charge is -2.13. The molecule has 0 bridgehead atoms. The number of nitriles is 1. The fourth-order valence-electron chi connectivity index (χ4n) is 2.93. The van der Waals surface area contributed by atoms with Gasteiger partial charge in [-0.3, -0.25) is 4.90 Å². The number of hydrogen-bond donors (Lipinski definition) is 0. The van der Waals surface area contributed by atoms with Crippen molar-refractivity contribution in [2.45, 2.75) is 18.9 Å². The Hall–Kier alpha value is -2.84. The monoisotopic (exact) mass is 336 g/mol. The summed E-state index contributed by atoms with van der Waals surface area (Å²) in [6.07, 6.45) is 1.20. The van der Waals surface area contributed by atoms with Gasteiger partial charge < -0.3 is 9.47 Å². The summed E-state index contributed by atoms with van der Waals surface area (Å²) in [5.74, 6) is 0. The highest BCUT2D eigenvalue weighted by molar-refractivity contribution is 5.89. The summed E-state index contributed by atoms with van der Waals surface area (Å²) in [5, 5.41) is 8.96. The third kappa shape index (κ3) is 4.17. The van der Waals surface area contributed by atoms with Crippen LogP contribution in [0.3, 0.4) is 0 Å². The molecule has 2 aromatic rings. The number of nitrogens with zero attached hydrogens (tertiary/aromatic N) is 2. The Morgan fingerprint density at radius 2 is 1.96 bits per heavy atom. The lowest BCUT2D eigenvalue weighted by atomic mass is 10.0. The van der Waals surface area contributed by atoms with Gasteiger partial charge in [0.05, 0.1) is 24.8 Å². The van der Waals surface area contributed by atoms with E-state index in [-0.39, 0.29) is 12.2 Å². The first-order chi connectivity index (χ1) is 12.2. The minimum Gasteiger partial charge on any atom is -0.441 e. The fourth-order valence-corrected chi connectivity index (χ4v) is 2.93. The third-order valence-electron chi connectivity index (χ3n) is 4.23. The van der Waals surface area contributed by atoms with Gasteiger partial charge in [-0.25, -0.2) is 4.79 Å². The molecule has 1 aliphatic rings. The maximum Gasteiger partial charge on any atom is 0.414 e. The first kappa shape index (κ1) is 17.0. The Balaban J connectivity index is 1.61. The molecular weight excluding hydrogens is 316 g/mol. The van der Waals surface area contributed by atoms with Gasteiger partial charge in [0.15, 0.2) is 0 Å². The highest BCUT2D eigenvalue weighted by atomic mass is 16.6. The van der Waals surface area contributed by atoms with Crippen LogP contribution in [0.5, 0.6) is 0 Å². The predicted octanol–water partition coefficient (Wildman–Crippen LogP) is 3.32. The topological polar surface area (TPSA) is 62.6 Å². The number of benzene rings is 2. The van der Waals surface area contributed by atoms with Crippen LogP contribution in [0.4, 0.5) is 10.5 Å². The summed E-state index contributed by atoms with van der Waals surface area (Å²) >= 11 is 0. The van der Waals surface area contributed by atoms with Crippen molar-refractivity contribution in [3.05, 3.63) is 65.2 Å². The van der Waals surface area contributed by atoms with E-state index in [2.05, 4.69) is 6.07 Å². The van der Waals surface area contributed by atoms with Gasteiger partial charge in [0.2, 0.25) is 0 Å². The predicted molar refractivity (Wildman–Crippen MR) is 94.5 cm³/mol. The molecule has 25 heavy (non-hydrogen) atoms. The Bertz CT molecular complexity index is 780. The van der Waals surface area contributed by atoms with E-state index in [1.807, 2.05) is 48.5 Å². The largest absolute Gasteiger partial charge is 0.441 e. The third-order valence-corrected chi connectivity index (χ3v) is 4.23. The molecule has 2 aromatic carbocycles. The van der Waals surface area contributed by atoms with Gasteiger partial charge in [-0.2, -0.15) is 5.26 Å². The number of methoxy groups -OCH3 is 1. The molecule has 1 aliphatic heterocycles.